The summed E-state index contributed by atoms with van der Waals surface area (Å²) in [7, 11) is 0. The Balaban J connectivity index is 1.85. The van der Waals surface area contributed by atoms with Crippen LogP contribution in [0.3, 0.4) is 0 Å². The minimum absolute atomic E-state index is 0.220. The van der Waals surface area contributed by atoms with E-state index in [1.165, 1.54) is 0 Å². The van der Waals surface area contributed by atoms with Crippen molar-refractivity contribution in [2.45, 2.75) is 19.9 Å². The zero-order valence-corrected chi connectivity index (χ0v) is 14.5. The molecule has 0 unspecified atom stereocenters. The summed E-state index contributed by atoms with van der Waals surface area (Å²) >= 11 is 1.90. The molecule has 0 bridgehead atoms. The number of benzene rings is 2. The molecule has 1 aromatic heterocycles. The van der Waals surface area contributed by atoms with Gasteiger partial charge in [0.15, 0.2) is 5.69 Å². The van der Waals surface area contributed by atoms with E-state index in [2.05, 4.69) is 35.4 Å². The summed E-state index contributed by atoms with van der Waals surface area (Å²) in [5, 5.41) is 20.5. The minimum Gasteiger partial charge on any atom is -0.493 e. The van der Waals surface area contributed by atoms with Crippen molar-refractivity contribution in [1.82, 2.24) is 4.57 Å². The molecule has 0 amide bonds. The highest BCUT2D eigenvalue weighted by Gasteiger charge is 2.27. The Morgan fingerprint density at radius 3 is 2.54 bits per heavy atom. The third-order valence-corrected chi connectivity index (χ3v) is 5.60. The van der Waals surface area contributed by atoms with Gasteiger partial charge < -0.3 is 9.67 Å². The number of thioether (sulfide) groups is 1. The van der Waals surface area contributed by atoms with Gasteiger partial charge in [-0.2, -0.15) is 16.9 Å². The van der Waals surface area contributed by atoms with E-state index in [-0.39, 0.29) is 5.88 Å². The van der Waals surface area contributed by atoms with Gasteiger partial charge in [-0.25, -0.2) is 0 Å². The maximum atomic E-state index is 10.8. The molecule has 0 atom stereocenters. The molecule has 1 aliphatic rings. The van der Waals surface area contributed by atoms with Crippen LogP contribution in [0.1, 0.15) is 17.2 Å². The molecule has 4 rings (SSSR count). The third-order valence-electron chi connectivity index (χ3n) is 4.36. The molecule has 0 saturated carbocycles. The second-order valence-corrected chi connectivity index (χ2v) is 7.37. The van der Waals surface area contributed by atoms with E-state index in [4.69, 9.17) is 0 Å². The molecule has 5 heteroatoms. The first kappa shape index (κ1) is 15.3. The van der Waals surface area contributed by atoms with Crippen molar-refractivity contribution in [2.75, 3.05) is 11.5 Å². The molecule has 3 aromatic rings. The number of rotatable bonds is 3. The molecule has 0 aliphatic carbocycles. The molecule has 0 radical (unpaired) electrons. The van der Waals surface area contributed by atoms with Crippen molar-refractivity contribution in [3.63, 3.8) is 0 Å². The van der Waals surface area contributed by atoms with E-state index >= 15 is 0 Å². The van der Waals surface area contributed by atoms with Crippen LogP contribution in [0.2, 0.25) is 0 Å². The molecular weight excluding hydrogens is 318 g/mol. The number of hydrogen-bond donors (Lipinski definition) is 1. The fourth-order valence-electron chi connectivity index (χ4n) is 3.04. The Bertz CT molecular complexity index is 941. The second-order valence-electron chi connectivity index (χ2n) is 6.29. The van der Waals surface area contributed by atoms with Gasteiger partial charge in [0.25, 0.3) is 0 Å². The van der Waals surface area contributed by atoms with Crippen LogP contribution in [-0.4, -0.2) is 21.2 Å². The molecule has 122 valence electrons. The van der Waals surface area contributed by atoms with Gasteiger partial charge in [0, 0.05) is 16.9 Å². The van der Waals surface area contributed by atoms with E-state index in [0.717, 1.165) is 39.2 Å². The van der Waals surface area contributed by atoms with Gasteiger partial charge in [-0.05, 0) is 43.7 Å². The number of azo groups is 1. The van der Waals surface area contributed by atoms with Crippen molar-refractivity contribution >= 4 is 34.0 Å². The van der Waals surface area contributed by atoms with Gasteiger partial charge in [-0.3, -0.25) is 0 Å². The van der Waals surface area contributed by atoms with Crippen molar-refractivity contribution in [3.8, 4) is 5.88 Å². The molecule has 0 spiro atoms. The van der Waals surface area contributed by atoms with Gasteiger partial charge in [0.2, 0.25) is 5.88 Å². The van der Waals surface area contributed by atoms with Crippen LogP contribution < -0.4 is 0 Å². The van der Waals surface area contributed by atoms with Gasteiger partial charge in [0.05, 0.1) is 17.2 Å². The predicted molar refractivity (Wildman–Crippen MR) is 100 cm³/mol. The first-order valence-corrected chi connectivity index (χ1v) is 9.18. The lowest BCUT2D eigenvalue weighted by molar-refractivity contribution is 0.406. The number of aromatic nitrogens is 1. The van der Waals surface area contributed by atoms with Gasteiger partial charge >= 0.3 is 0 Å². The maximum Gasteiger partial charge on any atom is 0.221 e. The third kappa shape index (κ3) is 2.59. The van der Waals surface area contributed by atoms with Crippen molar-refractivity contribution in [1.29, 1.82) is 0 Å². The van der Waals surface area contributed by atoms with Crippen LogP contribution in [-0.2, 0) is 0 Å². The summed E-state index contributed by atoms with van der Waals surface area (Å²) in [6.45, 7) is 4.08. The molecule has 4 nitrogen and oxygen atoms in total. The van der Waals surface area contributed by atoms with E-state index < -0.39 is 0 Å². The van der Waals surface area contributed by atoms with E-state index in [9.17, 15) is 5.11 Å². The highest BCUT2D eigenvalue weighted by molar-refractivity contribution is 8.00. The average Bonchev–Trinajstić information content (AvgIpc) is 2.76. The molecule has 2 aromatic carbocycles. The zero-order valence-electron chi connectivity index (χ0n) is 13.7. The summed E-state index contributed by atoms with van der Waals surface area (Å²) in [5.41, 5.74) is 4.67. The highest BCUT2D eigenvalue weighted by Crippen LogP contribution is 2.45. The van der Waals surface area contributed by atoms with Crippen LogP contribution in [0.15, 0.2) is 52.7 Å². The quantitative estimate of drug-likeness (QED) is 0.626. The average molecular weight is 337 g/mol. The lowest BCUT2D eigenvalue weighted by Gasteiger charge is -2.27. The Kier molecular flexibility index (Phi) is 3.81. The molecule has 24 heavy (non-hydrogen) atoms. The monoisotopic (exact) mass is 337 g/mol. The summed E-state index contributed by atoms with van der Waals surface area (Å²) in [6.07, 6.45) is 0. The first-order valence-electron chi connectivity index (χ1n) is 8.03. The summed E-state index contributed by atoms with van der Waals surface area (Å²) in [5.74, 6) is 2.27. The fraction of sp³-hybridized carbons (Fsp3) is 0.263. The first-order chi connectivity index (χ1) is 11.6. The fourth-order valence-corrected chi connectivity index (χ4v) is 3.78. The topological polar surface area (TPSA) is 49.9 Å². The number of nitrogens with zero attached hydrogens (tertiary/aromatic N) is 3. The van der Waals surface area contributed by atoms with Crippen LogP contribution >= 0.6 is 11.8 Å². The Morgan fingerprint density at radius 2 is 1.83 bits per heavy atom. The van der Waals surface area contributed by atoms with E-state index in [1.54, 1.807) is 0 Å². The lowest BCUT2D eigenvalue weighted by Crippen LogP contribution is -2.22. The molecule has 1 saturated heterocycles. The zero-order chi connectivity index (χ0) is 16.7. The normalized spacial score (nSPS) is 15.2. The van der Waals surface area contributed by atoms with Gasteiger partial charge in [-0.15, -0.1) is 5.11 Å². The maximum absolute atomic E-state index is 10.8. The standard InChI is InChI=1S/C19H19N3OS/c1-12-4-3-5-14(8-12)20-21-18-16-9-13(2)6-7-17(16)22(19(18)23)15-10-24-11-15/h3-9,15,23H,10-11H2,1-2H3. The van der Waals surface area contributed by atoms with Crippen LogP contribution in [0, 0.1) is 13.8 Å². The van der Waals surface area contributed by atoms with E-state index in [0.29, 0.717) is 11.7 Å². The van der Waals surface area contributed by atoms with Crippen molar-refractivity contribution < 1.29 is 5.11 Å². The molecule has 1 aliphatic heterocycles. The lowest BCUT2D eigenvalue weighted by atomic mass is 10.1. The molecule has 2 heterocycles. The Hall–Kier alpha value is -2.27. The minimum atomic E-state index is 0.220. The molecule has 1 fully saturated rings. The molecular formula is C19H19N3OS. The molecule has 1 N–H and O–H groups in total. The Labute approximate surface area is 145 Å². The number of aryl methyl sites for hydroxylation is 2. The largest absolute Gasteiger partial charge is 0.493 e. The van der Waals surface area contributed by atoms with Gasteiger partial charge in [0.1, 0.15) is 0 Å². The highest BCUT2D eigenvalue weighted by atomic mass is 32.2. The SMILES string of the molecule is Cc1cccc(N=Nc2c(O)n(C3CSC3)c3ccc(C)cc23)c1. The van der Waals surface area contributed by atoms with E-state index in [1.807, 2.05) is 47.5 Å². The number of aromatic hydroxyl groups is 1. The summed E-state index contributed by atoms with van der Waals surface area (Å²) < 4.78 is 2.01. The van der Waals surface area contributed by atoms with Crippen LogP contribution in [0.5, 0.6) is 5.88 Å². The van der Waals surface area contributed by atoms with Crippen LogP contribution in [0.25, 0.3) is 10.9 Å². The van der Waals surface area contributed by atoms with Crippen molar-refractivity contribution in [2.24, 2.45) is 10.2 Å². The van der Waals surface area contributed by atoms with Crippen molar-refractivity contribution in [3.05, 3.63) is 53.6 Å². The Morgan fingerprint density at radius 1 is 1.04 bits per heavy atom. The summed E-state index contributed by atoms with van der Waals surface area (Å²) in [6, 6.07) is 14.4. The van der Waals surface area contributed by atoms with Crippen LogP contribution in [0.4, 0.5) is 11.4 Å². The predicted octanol–water partition coefficient (Wildman–Crippen LogP) is 5.67. The smallest absolute Gasteiger partial charge is 0.221 e. The summed E-state index contributed by atoms with van der Waals surface area (Å²) in [4.78, 5) is 0. The number of fused-ring (bicyclic) bond motifs is 1. The van der Waals surface area contributed by atoms with Gasteiger partial charge in [-0.1, -0.05) is 23.8 Å². The number of hydrogen-bond acceptors (Lipinski definition) is 4. The second kappa shape index (κ2) is 5.98.